The molecule has 1 aromatic carbocycles. The van der Waals surface area contributed by atoms with E-state index in [2.05, 4.69) is 55.5 Å². The Kier molecular flexibility index (Phi) is 6.56. The van der Waals surface area contributed by atoms with Crippen LogP contribution < -0.4 is 0 Å². The van der Waals surface area contributed by atoms with E-state index >= 15 is 0 Å². The van der Waals surface area contributed by atoms with E-state index in [0.717, 1.165) is 19.3 Å². The van der Waals surface area contributed by atoms with Gasteiger partial charge in [-0.1, -0.05) is 19.8 Å². The molecule has 160 valence electrons. The van der Waals surface area contributed by atoms with Gasteiger partial charge in [0.05, 0.1) is 6.67 Å². The Balaban J connectivity index is 1.38. The summed E-state index contributed by atoms with van der Waals surface area (Å²) >= 11 is 7.64. The van der Waals surface area contributed by atoms with Crippen LogP contribution in [-0.2, 0) is 12.8 Å². The van der Waals surface area contributed by atoms with Crippen LogP contribution in [0, 0.1) is 0 Å². The van der Waals surface area contributed by atoms with Gasteiger partial charge in [0, 0.05) is 38.7 Å². The van der Waals surface area contributed by atoms with Crippen molar-refractivity contribution in [3.63, 3.8) is 0 Å². The molecule has 5 heteroatoms. The predicted molar refractivity (Wildman–Crippen MR) is 141 cm³/mol. The fraction of sp³-hybridized carbons (Fsp3) is 0.308. The third kappa shape index (κ3) is 4.65. The first-order valence-electron chi connectivity index (χ1n) is 10.9. The SMILES string of the molecule is CCCc1ccc(-c2cc3cc4cc(-c5ccc(CCCCCF)s5)sc4cc3s2)s1. The van der Waals surface area contributed by atoms with Crippen LogP contribution in [0.4, 0.5) is 4.39 Å². The van der Waals surface area contributed by atoms with Crippen LogP contribution in [0.25, 0.3) is 39.7 Å². The van der Waals surface area contributed by atoms with Gasteiger partial charge in [0.1, 0.15) is 0 Å². The summed E-state index contributed by atoms with van der Waals surface area (Å²) in [6.07, 6.45) is 6.21. The second-order valence-corrected chi connectivity index (χ2v) is 12.4. The number of unbranched alkanes of at least 4 members (excludes halogenated alkanes) is 2. The molecule has 31 heavy (non-hydrogen) atoms. The fourth-order valence-electron chi connectivity index (χ4n) is 3.93. The molecular weight excluding hydrogens is 460 g/mol. The minimum absolute atomic E-state index is 0.191. The lowest BCUT2D eigenvalue weighted by atomic mass is 10.2. The Morgan fingerprint density at radius 2 is 1.23 bits per heavy atom. The van der Waals surface area contributed by atoms with Gasteiger partial charge in [-0.3, -0.25) is 4.39 Å². The van der Waals surface area contributed by atoms with Crippen molar-refractivity contribution in [2.24, 2.45) is 0 Å². The third-order valence-corrected chi connectivity index (χ3v) is 10.4. The van der Waals surface area contributed by atoms with Crippen molar-refractivity contribution in [1.82, 2.24) is 0 Å². The molecule has 0 saturated heterocycles. The summed E-state index contributed by atoms with van der Waals surface area (Å²) in [5, 5.41) is 2.69. The lowest BCUT2D eigenvalue weighted by Crippen LogP contribution is -1.82. The molecule has 0 amide bonds. The number of halogens is 1. The standard InChI is InChI=1S/C26H25FS4/c1-2-6-19-8-10-21(28-19)25-14-17-13-18-15-26(31-24(18)16-23(17)30-25)22-11-9-20(29-22)7-4-3-5-12-27/h8-11,13-16H,2-7,12H2,1H3. The lowest BCUT2D eigenvalue weighted by Gasteiger charge is -1.95. The van der Waals surface area contributed by atoms with Crippen LogP contribution in [0.1, 0.15) is 42.4 Å². The first-order valence-corrected chi connectivity index (χ1v) is 14.2. The Labute approximate surface area is 199 Å². The zero-order chi connectivity index (χ0) is 21.2. The number of hydrogen-bond donors (Lipinski definition) is 0. The topological polar surface area (TPSA) is 0 Å². The molecule has 0 aliphatic carbocycles. The number of alkyl halides is 1. The zero-order valence-corrected chi connectivity index (χ0v) is 20.8. The van der Waals surface area contributed by atoms with Gasteiger partial charge in [-0.25, -0.2) is 0 Å². The van der Waals surface area contributed by atoms with Gasteiger partial charge in [-0.15, -0.1) is 45.3 Å². The number of rotatable bonds is 9. The summed E-state index contributed by atoms with van der Waals surface area (Å²) in [7, 11) is 0. The van der Waals surface area contributed by atoms with Crippen LogP contribution in [0.2, 0.25) is 0 Å². The van der Waals surface area contributed by atoms with E-state index in [9.17, 15) is 4.39 Å². The normalized spacial score (nSPS) is 11.8. The summed E-state index contributed by atoms with van der Waals surface area (Å²) < 4.78 is 15.0. The average Bonchev–Trinajstić information content (AvgIpc) is 3.54. The quantitative estimate of drug-likeness (QED) is 0.183. The minimum Gasteiger partial charge on any atom is -0.251 e. The molecule has 4 aromatic heterocycles. The third-order valence-electron chi connectivity index (χ3n) is 5.52. The number of fused-ring (bicyclic) bond motifs is 2. The van der Waals surface area contributed by atoms with Crippen molar-refractivity contribution in [3.8, 4) is 19.5 Å². The molecule has 5 aromatic rings. The molecule has 0 radical (unpaired) electrons. The van der Waals surface area contributed by atoms with E-state index in [1.165, 1.54) is 62.3 Å². The fourth-order valence-corrected chi connectivity index (χ4v) is 8.49. The van der Waals surface area contributed by atoms with Crippen molar-refractivity contribution in [1.29, 1.82) is 0 Å². The van der Waals surface area contributed by atoms with Crippen molar-refractivity contribution in [3.05, 3.63) is 58.3 Å². The molecule has 0 fully saturated rings. The molecule has 0 aliphatic heterocycles. The molecule has 0 unspecified atom stereocenters. The van der Waals surface area contributed by atoms with Crippen molar-refractivity contribution < 1.29 is 4.39 Å². The number of thiophene rings is 4. The Hall–Kier alpha value is -1.53. The maximum Gasteiger partial charge on any atom is 0.0894 e. The summed E-state index contributed by atoms with van der Waals surface area (Å²) in [6, 6.07) is 18.5. The lowest BCUT2D eigenvalue weighted by molar-refractivity contribution is 0.456. The molecular formula is C26H25FS4. The van der Waals surface area contributed by atoms with Crippen molar-refractivity contribution in [2.75, 3.05) is 6.67 Å². The predicted octanol–water partition coefficient (Wildman–Crippen LogP) is 10.2. The van der Waals surface area contributed by atoms with Crippen LogP contribution in [-0.4, -0.2) is 6.67 Å². The Morgan fingerprint density at radius 1 is 0.613 bits per heavy atom. The first kappa shape index (κ1) is 21.3. The summed E-state index contributed by atoms with van der Waals surface area (Å²) in [5.74, 6) is 0. The monoisotopic (exact) mass is 484 g/mol. The largest absolute Gasteiger partial charge is 0.251 e. The molecule has 5 rings (SSSR count). The summed E-state index contributed by atoms with van der Waals surface area (Å²) in [6.45, 7) is 2.05. The zero-order valence-electron chi connectivity index (χ0n) is 17.6. The van der Waals surface area contributed by atoms with Gasteiger partial charge in [0.25, 0.3) is 0 Å². The van der Waals surface area contributed by atoms with Crippen molar-refractivity contribution >= 4 is 65.5 Å². The maximum atomic E-state index is 12.3. The van der Waals surface area contributed by atoms with E-state index in [0.29, 0.717) is 6.42 Å². The van der Waals surface area contributed by atoms with E-state index in [1.807, 2.05) is 45.3 Å². The smallest absolute Gasteiger partial charge is 0.0894 e. The highest BCUT2D eigenvalue weighted by Gasteiger charge is 2.12. The van der Waals surface area contributed by atoms with Crippen LogP contribution in [0.3, 0.4) is 0 Å². The van der Waals surface area contributed by atoms with E-state index in [-0.39, 0.29) is 6.67 Å². The van der Waals surface area contributed by atoms with E-state index in [4.69, 9.17) is 0 Å². The van der Waals surface area contributed by atoms with Crippen LogP contribution >= 0.6 is 45.3 Å². The highest BCUT2D eigenvalue weighted by Crippen LogP contribution is 2.43. The first-order chi connectivity index (χ1) is 15.2. The molecule has 4 heterocycles. The highest BCUT2D eigenvalue weighted by atomic mass is 32.1. The molecule has 0 bridgehead atoms. The van der Waals surface area contributed by atoms with Crippen LogP contribution in [0.15, 0.2) is 48.5 Å². The number of aryl methyl sites for hydroxylation is 2. The van der Waals surface area contributed by atoms with E-state index in [1.54, 1.807) is 0 Å². The average molecular weight is 485 g/mol. The minimum atomic E-state index is -0.191. The van der Waals surface area contributed by atoms with Gasteiger partial charge in [0.2, 0.25) is 0 Å². The number of benzene rings is 1. The number of hydrogen-bond acceptors (Lipinski definition) is 4. The summed E-state index contributed by atoms with van der Waals surface area (Å²) in [5.41, 5.74) is 0. The van der Waals surface area contributed by atoms with Gasteiger partial charge in [-0.2, -0.15) is 0 Å². The highest BCUT2D eigenvalue weighted by molar-refractivity contribution is 7.28. The van der Waals surface area contributed by atoms with Gasteiger partial charge < -0.3 is 0 Å². The van der Waals surface area contributed by atoms with Crippen LogP contribution in [0.5, 0.6) is 0 Å². The maximum absolute atomic E-state index is 12.3. The van der Waals surface area contributed by atoms with Gasteiger partial charge in [-0.05, 0) is 85.0 Å². The Morgan fingerprint density at radius 3 is 1.81 bits per heavy atom. The van der Waals surface area contributed by atoms with Gasteiger partial charge >= 0.3 is 0 Å². The molecule has 0 aliphatic rings. The summed E-state index contributed by atoms with van der Waals surface area (Å²) in [4.78, 5) is 8.39. The second-order valence-electron chi connectivity index (χ2n) is 7.93. The Bertz CT molecular complexity index is 1250. The molecule has 0 spiro atoms. The molecule has 0 saturated carbocycles. The molecule has 0 atom stereocenters. The molecule has 0 nitrogen and oxygen atoms in total. The molecule has 0 N–H and O–H groups in total. The van der Waals surface area contributed by atoms with Crippen molar-refractivity contribution in [2.45, 2.75) is 45.4 Å². The van der Waals surface area contributed by atoms with Gasteiger partial charge in [0.15, 0.2) is 0 Å². The van der Waals surface area contributed by atoms with E-state index < -0.39 is 0 Å². The second kappa shape index (κ2) is 9.53.